The number of likely N-dealkylation sites (N-methyl/N-ethyl adjacent to an activating group) is 2. The number of hydrogen-bond acceptors (Lipinski definition) is 5. The highest BCUT2D eigenvalue weighted by Crippen LogP contribution is 2.41. The molecule has 0 saturated carbocycles. The Kier molecular flexibility index (Phi) is 5.28. The molecule has 1 aromatic rings. The molecule has 5 nitrogen and oxygen atoms in total. The smallest absolute Gasteiger partial charge is 0.354 e. The van der Waals surface area contributed by atoms with Gasteiger partial charge in [-0.15, -0.1) is 0 Å². The molecule has 0 atom stereocenters. The molecule has 8 heteroatoms. The van der Waals surface area contributed by atoms with Crippen LogP contribution in [0.3, 0.4) is 0 Å². The van der Waals surface area contributed by atoms with E-state index in [1.807, 2.05) is 18.9 Å². The standard InChI is InChI=1S/C16H20F3N5/c1-5-23(9-8-20-3)15-11(2)24(21-4)14-10-12(16(17,18)19)6-7-13(14)22-15/h6-7,10,20H,2,4-5,8-9H2,1,3H3. The van der Waals surface area contributed by atoms with Crippen LogP contribution in [0.1, 0.15) is 12.5 Å². The molecule has 0 aromatic heterocycles. The second-order valence-electron chi connectivity index (χ2n) is 5.22. The van der Waals surface area contributed by atoms with Crippen molar-refractivity contribution in [2.75, 3.05) is 31.7 Å². The van der Waals surface area contributed by atoms with E-state index >= 15 is 0 Å². The van der Waals surface area contributed by atoms with Gasteiger partial charge in [-0.3, -0.25) is 0 Å². The van der Waals surface area contributed by atoms with Gasteiger partial charge in [-0.2, -0.15) is 18.3 Å². The van der Waals surface area contributed by atoms with Crippen molar-refractivity contribution in [1.29, 1.82) is 0 Å². The number of halogens is 3. The minimum absolute atomic E-state index is 0.221. The van der Waals surface area contributed by atoms with E-state index in [9.17, 15) is 13.2 Å². The van der Waals surface area contributed by atoms with Crippen molar-refractivity contribution < 1.29 is 13.2 Å². The highest BCUT2D eigenvalue weighted by Gasteiger charge is 2.33. The predicted molar refractivity (Wildman–Crippen MR) is 90.9 cm³/mol. The van der Waals surface area contributed by atoms with Gasteiger partial charge < -0.3 is 10.2 Å². The monoisotopic (exact) mass is 339 g/mol. The Labute approximate surface area is 139 Å². The van der Waals surface area contributed by atoms with Gasteiger partial charge in [-0.05, 0) is 32.2 Å². The van der Waals surface area contributed by atoms with Gasteiger partial charge in [0.2, 0.25) is 0 Å². The van der Waals surface area contributed by atoms with E-state index in [4.69, 9.17) is 0 Å². The third-order valence-electron chi connectivity index (χ3n) is 3.73. The van der Waals surface area contributed by atoms with Crippen LogP contribution in [-0.2, 0) is 6.18 Å². The Morgan fingerprint density at radius 2 is 2.08 bits per heavy atom. The first-order valence-electron chi connectivity index (χ1n) is 7.49. The summed E-state index contributed by atoms with van der Waals surface area (Å²) in [5.41, 5.74) is 0.262. The van der Waals surface area contributed by atoms with Crippen molar-refractivity contribution in [1.82, 2.24) is 10.2 Å². The molecular formula is C16H20F3N5. The second kappa shape index (κ2) is 7.04. The van der Waals surface area contributed by atoms with E-state index in [0.29, 0.717) is 30.3 Å². The number of rotatable bonds is 5. The molecule has 0 radical (unpaired) electrons. The summed E-state index contributed by atoms with van der Waals surface area (Å²) in [4.78, 5) is 6.47. The minimum Gasteiger partial charge on any atom is -0.354 e. The summed E-state index contributed by atoms with van der Waals surface area (Å²) in [6.45, 7) is 11.5. The van der Waals surface area contributed by atoms with Crippen LogP contribution in [0.25, 0.3) is 0 Å². The summed E-state index contributed by atoms with van der Waals surface area (Å²) in [6, 6.07) is 3.37. The molecule has 0 amide bonds. The maximum Gasteiger partial charge on any atom is 0.416 e. The van der Waals surface area contributed by atoms with Crippen LogP contribution in [0.2, 0.25) is 0 Å². The van der Waals surface area contributed by atoms with Crippen LogP contribution >= 0.6 is 0 Å². The normalized spacial score (nSPS) is 14.3. The van der Waals surface area contributed by atoms with E-state index in [1.54, 1.807) is 0 Å². The number of aliphatic imine (C=N–C) groups is 1. The van der Waals surface area contributed by atoms with Gasteiger partial charge in [0.25, 0.3) is 0 Å². The van der Waals surface area contributed by atoms with Crippen LogP contribution in [0.15, 0.2) is 40.6 Å². The Morgan fingerprint density at radius 1 is 1.38 bits per heavy atom. The average molecular weight is 339 g/mol. The van der Waals surface area contributed by atoms with Gasteiger partial charge in [0.05, 0.1) is 16.9 Å². The highest BCUT2D eigenvalue weighted by molar-refractivity contribution is 6.06. The largest absolute Gasteiger partial charge is 0.416 e. The van der Waals surface area contributed by atoms with Crippen molar-refractivity contribution >= 4 is 23.9 Å². The number of alkyl halides is 3. The fourth-order valence-electron chi connectivity index (χ4n) is 2.46. The molecule has 130 valence electrons. The van der Waals surface area contributed by atoms with Crippen LogP contribution < -0.4 is 10.3 Å². The SMILES string of the molecule is C=NN1C(=C)C(N(CC)CCNC)=Nc2ccc(C(F)(F)F)cc21. The lowest BCUT2D eigenvalue weighted by Gasteiger charge is -2.34. The fourth-order valence-corrected chi connectivity index (χ4v) is 2.46. The predicted octanol–water partition coefficient (Wildman–Crippen LogP) is 3.23. The number of fused-ring (bicyclic) bond motifs is 1. The third-order valence-corrected chi connectivity index (χ3v) is 3.73. The zero-order chi connectivity index (χ0) is 17.9. The van der Waals surface area contributed by atoms with Crippen molar-refractivity contribution in [3.8, 4) is 0 Å². The molecule has 1 heterocycles. The van der Waals surface area contributed by atoms with Crippen molar-refractivity contribution in [3.63, 3.8) is 0 Å². The van der Waals surface area contributed by atoms with E-state index in [-0.39, 0.29) is 5.69 Å². The van der Waals surface area contributed by atoms with Gasteiger partial charge in [0.15, 0.2) is 5.84 Å². The summed E-state index contributed by atoms with van der Waals surface area (Å²) < 4.78 is 38.8. The van der Waals surface area contributed by atoms with E-state index in [2.05, 4.69) is 28.7 Å². The van der Waals surface area contributed by atoms with E-state index in [0.717, 1.165) is 18.7 Å². The summed E-state index contributed by atoms with van der Waals surface area (Å²) in [6.07, 6.45) is -4.44. The zero-order valence-corrected chi connectivity index (χ0v) is 13.7. The second-order valence-corrected chi connectivity index (χ2v) is 5.22. The van der Waals surface area contributed by atoms with Gasteiger partial charge in [0.1, 0.15) is 5.70 Å². The number of anilines is 1. The maximum atomic E-state index is 12.9. The average Bonchev–Trinajstić information content (AvgIpc) is 2.54. The Bertz CT molecular complexity index is 666. The first kappa shape index (κ1) is 18.0. The molecule has 1 aliphatic heterocycles. The van der Waals surface area contributed by atoms with Gasteiger partial charge in [0, 0.05) is 26.4 Å². The van der Waals surface area contributed by atoms with Crippen molar-refractivity contribution in [2.24, 2.45) is 10.1 Å². The Morgan fingerprint density at radius 3 is 2.62 bits per heavy atom. The van der Waals surface area contributed by atoms with Crippen LogP contribution in [0.4, 0.5) is 24.5 Å². The van der Waals surface area contributed by atoms with E-state index < -0.39 is 11.7 Å². The number of hydrogen-bond donors (Lipinski definition) is 1. The molecule has 0 saturated heterocycles. The molecule has 0 aliphatic carbocycles. The number of hydrazone groups is 1. The lowest BCUT2D eigenvalue weighted by Crippen LogP contribution is -2.41. The Balaban J connectivity index is 2.50. The number of nitrogens with one attached hydrogen (secondary N) is 1. The molecule has 0 unspecified atom stereocenters. The molecular weight excluding hydrogens is 319 g/mol. The number of nitrogens with zero attached hydrogens (tertiary/aromatic N) is 4. The zero-order valence-electron chi connectivity index (χ0n) is 13.7. The summed E-state index contributed by atoms with van der Waals surface area (Å²) >= 11 is 0. The maximum absolute atomic E-state index is 12.9. The molecule has 1 N–H and O–H groups in total. The minimum atomic E-state index is -4.44. The lowest BCUT2D eigenvalue weighted by atomic mass is 10.1. The molecule has 24 heavy (non-hydrogen) atoms. The molecule has 0 fully saturated rings. The fraction of sp³-hybridized carbons (Fsp3) is 0.375. The molecule has 1 aromatic carbocycles. The quantitative estimate of drug-likeness (QED) is 0.838. The molecule has 0 spiro atoms. The van der Waals surface area contributed by atoms with E-state index in [1.165, 1.54) is 11.1 Å². The topological polar surface area (TPSA) is 43.2 Å². The summed E-state index contributed by atoms with van der Waals surface area (Å²) in [5.74, 6) is 0.576. The summed E-state index contributed by atoms with van der Waals surface area (Å²) in [7, 11) is 1.84. The van der Waals surface area contributed by atoms with Crippen molar-refractivity contribution in [3.05, 3.63) is 36.0 Å². The Hall–Kier alpha value is -2.35. The number of benzene rings is 1. The third kappa shape index (κ3) is 3.43. The van der Waals surface area contributed by atoms with Crippen LogP contribution in [0, 0.1) is 0 Å². The lowest BCUT2D eigenvalue weighted by molar-refractivity contribution is -0.137. The van der Waals surface area contributed by atoms with Gasteiger partial charge in [-0.25, -0.2) is 10.0 Å². The van der Waals surface area contributed by atoms with Gasteiger partial charge >= 0.3 is 6.18 Å². The first-order valence-corrected chi connectivity index (χ1v) is 7.49. The first-order chi connectivity index (χ1) is 11.3. The molecule has 0 bridgehead atoms. The highest BCUT2D eigenvalue weighted by atomic mass is 19.4. The van der Waals surface area contributed by atoms with Crippen molar-refractivity contribution in [2.45, 2.75) is 13.1 Å². The van der Waals surface area contributed by atoms with Gasteiger partial charge in [-0.1, -0.05) is 6.58 Å². The van der Waals surface area contributed by atoms with Crippen LogP contribution in [0.5, 0.6) is 0 Å². The van der Waals surface area contributed by atoms with Crippen LogP contribution in [-0.4, -0.2) is 44.1 Å². The molecule has 1 aliphatic rings. The summed E-state index contributed by atoms with van der Waals surface area (Å²) in [5, 5.41) is 8.19. The number of amidine groups is 1. The molecule has 2 rings (SSSR count).